The van der Waals surface area contributed by atoms with E-state index in [1.807, 2.05) is 30.9 Å². The first-order chi connectivity index (χ1) is 14.9. The van der Waals surface area contributed by atoms with Crippen LogP contribution >= 0.6 is 0 Å². The Labute approximate surface area is 183 Å². The smallest absolute Gasteiger partial charge is 0.244 e. The topological polar surface area (TPSA) is 89.0 Å². The average Bonchev–Trinajstić information content (AvgIpc) is 2.75. The average molecular weight is 430 g/mol. The molecule has 168 valence electrons. The number of aryl methyl sites for hydroxylation is 2. The van der Waals surface area contributed by atoms with Gasteiger partial charge in [-0.1, -0.05) is 6.92 Å². The van der Waals surface area contributed by atoms with Crippen LogP contribution in [0.25, 0.3) is 0 Å². The standard InChI is InChI=1S/C22H31N5O4/c1-7-8-26(9-10-29-4)21-20-22(24-15(3)23-21)27(13-19(28)25-20)16-12-18(31-6)17(30-5)11-14(16)2/h11-12H,7-10,13H2,1-6H3,(H,25,28). The Balaban J connectivity index is 2.15. The van der Waals surface area contributed by atoms with Crippen LogP contribution in [0, 0.1) is 13.8 Å². The minimum atomic E-state index is -0.126. The molecular weight excluding hydrogens is 398 g/mol. The first-order valence-corrected chi connectivity index (χ1v) is 10.4. The van der Waals surface area contributed by atoms with Gasteiger partial charge in [0.15, 0.2) is 23.1 Å². The second-order valence-electron chi connectivity index (χ2n) is 7.40. The molecule has 0 unspecified atom stereocenters. The van der Waals surface area contributed by atoms with E-state index in [4.69, 9.17) is 19.2 Å². The molecule has 1 aliphatic heterocycles. The Bertz CT molecular complexity index is 950. The number of fused-ring (bicyclic) bond motifs is 1. The highest BCUT2D eigenvalue weighted by molar-refractivity contribution is 6.05. The molecule has 9 heteroatoms. The number of nitrogens with zero attached hydrogens (tertiary/aromatic N) is 4. The van der Waals surface area contributed by atoms with E-state index < -0.39 is 0 Å². The van der Waals surface area contributed by atoms with Crippen LogP contribution in [0.3, 0.4) is 0 Å². The quantitative estimate of drug-likeness (QED) is 0.651. The first kappa shape index (κ1) is 22.6. The van der Waals surface area contributed by atoms with Crippen molar-refractivity contribution in [2.45, 2.75) is 27.2 Å². The van der Waals surface area contributed by atoms with Crippen LogP contribution in [-0.2, 0) is 9.53 Å². The van der Waals surface area contributed by atoms with E-state index in [2.05, 4.69) is 22.1 Å². The minimum Gasteiger partial charge on any atom is -0.493 e. The highest BCUT2D eigenvalue weighted by Gasteiger charge is 2.31. The molecule has 2 aromatic rings. The van der Waals surface area contributed by atoms with Gasteiger partial charge in [-0.15, -0.1) is 0 Å². The maximum Gasteiger partial charge on any atom is 0.244 e. The molecule has 1 N–H and O–H groups in total. The Morgan fingerprint density at radius 2 is 1.81 bits per heavy atom. The molecule has 1 aromatic heterocycles. The van der Waals surface area contributed by atoms with E-state index in [0.29, 0.717) is 47.8 Å². The van der Waals surface area contributed by atoms with Crippen LogP contribution in [0.2, 0.25) is 0 Å². The molecule has 0 radical (unpaired) electrons. The third kappa shape index (κ3) is 4.66. The predicted molar refractivity (Wildman–Crippen MR) is 121 cm³/mol. The van der Waals surface area contributed by atoms with E-state index in [0.717, 1.165) is 24.2 Å². The van der Waals surface area contributed by atoms with Crippen LogP contribution < -0.4 is 24.6 Å². The van der Waals surface area contributed by atoms with Gasteiger partial charge in [-0.3, -0.25) is 4.79 Å². The van der Waals surface area contributed by atoms with Gasteiger partial charge < -0.3 is 29.3 Å². The largest absolute Gasteiger partial charge is 0.493 e. The van der Waals surface area contributed by atoms with Gasteiger partial charge in [-0.05, 0) is 31.9 Å². The van der Waals surface area contributed by atoms with Gasteiger partial charge in [0.25, 0.3) is 0 Å². The fourth-order valence-corrected chi connectivity index (χ4v) is 3.73. The maximum atomic E-state index is 12.7. The zero-order chi connectivity index (χ0) is 22.5. The molecule has 2 heterocycles. The summed E-state index contributed by atoms with van der Waals surface area (Å²) in [6.07, 6.45) is 0.938. The third-order valence-electron chi connectivity index (χ3n) is 5.16. The van der Waals surface area contributed by atoms with Gasteiger partial charge in [0.05, 0.1) is 20.8 Å². The SMILES string of the molecule is CCCN(CCOC)c1nc(C)nc2c1NC(=O)CN2c1cc(OC)c(OC)cc1C. The fourth-order valence-electron chi connectivity index (χ4n) is 3.73. The number of carbonyl (C=O) groups is 1. The number of rotatable bonds is 9. The summed E-state index contributed by atoms with van der Waals surface area (Å²) in [7, 11) is 4.87. The number of amides is 1. The van der Waals surface area contributed by atoms with E-state index in [1.54, 1.807) is 21.3 Å². The summed E-state index contributed by atoms with van der Waals surface area (Å²) in [5.74, 6) is 3.10. The van der Waals surface area contributed by atoms with E-state index in [9.17, 15) is 4.79 Å². The van der Waals surface area contributed by atoms with E-state index >= 15 is 0 Å². The first-order valence-electron chi connectivity index (χ1n) is 10.4. The van der Waals surface area contributed by atoms with Gasteiger partial charge in [0.2, 0.25) is 5.91 Å². The maximum absolute atomic E-state index is 12.7. The van der Waals surface area contributed by atoms with Crippen LogP contribution in [0.1, 0.15) is 24.7 Å². The van der Waals surface area contributed by atoms with Gasteiger partial charge in [0.1, 0.15) is 18.1 Å². The second-order valence-corrected chi connectivity index (χ2v) is 7.40. The lowest BCUT2D eigenvalue weighted by molar-refractivity contribution is -0.115. The minimum absolute atomic E-state index is 0.126. The summed E-state index contributed by atoms with van der Waals surface area (Å²) >= 11 is 0. The summed E-state index contributed by atoms with van der Waals surface area (Å²) < 4.78 is 16.2. The molecule has 0 saturated carbocycles. The molecule has 1 aromatic carbocycles. The lowest BCUT2D eigenvalue weighted by Crippen LogP contribution is -2.39. The number of aromatic nitrogens is 2. The Kier molecular flexibility index (Phi) is 7.17. The fraction of sp³-hybridized carbons (Fsp3) is 0.500. The number of nitrogens with one attached hydrogen (secondary N) is 1. The van der Waals surface area contributed by atoms with Crippen molar-refractivity contribution in [3.05, 3.63) is 23.5 Å². The molecule has 0 atom stereocenters. The van der Waals surface area contributed by atoms with Crippen molar-refractivity contribution in [1.29, 1.82) is 0 Å². The number of methoxy groups -OCH3 is 3. The lowest BCUT2D eigenvalue weighted by Gasteiger charge is -2.34. The molecular formula is C22H31N5O4. The monoisotopic (exact) mass is 429 g/mol. The van der Waals surface area contributed by atoms with Crippen molar-refractivity contribution < 1.29 is 19.0 Å². The normalized spacial score (nSPS) is 13.0. The highest BCUT2D eigenvalue weighted by atomic mass is 16.5. The number of hydrogen-bond acceptors (Lipinski definition) is 8. The van der Waals surface area contributed by atoms with Crippen LogP contribution in [0.5, 0.6) is 11.5 Å². The summed E-state index contributed by atoms with van der Waals surface area (Å²) in [5, 5.41) is 3.00. The molecule has 0 bridgehead atoms. The van der Waals surface area contributed by atoms with Crippen molar-refractivity contribution in [3.63, 3.8) is 0 Å². The van der Waals surface area contributed by atoms with Gasteiger partial charge in [0, 0.05) is 32.0 Å². The number of carbonyl (C=O) groups excluding carboxylic acids is 1. The van der Waals surface area contributed by atoms with Crippen LogP contribution in [-0.4, -0.2) is 63.4 Å². The molecule has 0 aliphatic carbocycles. The van der Waals surface area contributed by atoms with Crippen molar-refractivity contribution in [2.75, 3.05) is 62.7 Å². The number of benzene rings is 1. The van der Waals surface area contributed by atoms with Crippen LogP contribution in [0.15, 0.2) is 12.1 Å². The summed E-state index contributed by atoms with van der Waals surface area (Å²) in [6.45, 7) is 8.10. The van der Waals surface area contributed by atoms with Crippen molar-refractivity contribution in [3.8, 4) is 11.5 Å². The van der Waals surface area contributed by atoms with Gasteiger partial charge >= 0.3 is 0 Å². The molecule has 0 saturated heterocycles. The van der Waals surface area contributed by atoms with Crippen molar-refractivity contribution in [1.82, 2.24) is 9.97 Å². The second kappa shape index (κ2) is 9.82. The van der Waals surface area contributed by atoms with Gasteiger partial charge in [-0.2, -0.15) is 0 Å². The molecule has 31 heavy (non-hydrogen) atoms. The molecule has 0 spiro atoms. The number of anilines is 4. The highest BCUT2D eigenvalue weighted by Crippen LogP contribution is 2.43. The lowest BCUT2D eigenvalue weighted by atomic mass is 10.1. The zero-order valence-corrected chi connectivity index (χ0v) is 19.1. The Morgan fingerprint density at radius 1 is 1.10 bits per heavy atom. The molecule has 9 nitrogen and oxygen atoms in total. The molecule has 3 rings (SSSR count). The van der Waals surface area contributed by atoms with Gasteiger partial charge in [-0.25, -0.2) is 9.97 Å². The van der Waals surface area contributed by atoms with E-state index in [1.165, 1.54) is 0 Å². The number of ether oxygens (including phenoxy) is 3. The summed E-state index contributed by atoms with van der Waals surface area (Å²) in [6, 6.07) is 3.78. The zero-order valence-electron chi connectivity index (χ0n) is 19.1. The molecule has 1 aliphatic rings. The van der Waals surface area contributed by atoms with E-state index in [-0.39, 0.29) is 12.5 Å². The van der Waals surface area contributed by atoms with Crippen molar-refractivity contribution >= 4 is 28.9 Å². The Hall–Kier alpha value is -3.07. The third-order valence-corrected chi connectivity index (χ3v) is 5.16. The summed E-state index contributed by atoms with van der Waals surface area (Å²) in [5.41, 5.74) is 2.39. The molecule has 1 amide bonds. The molecule has 0 fully saturated rings. The Morgan fingerprint density at radius 3 is 2.45 bits per heavy atom. The number of hydrogen-bond donors (Lipinski definition) is 1. The van der Waals surface area contributed by atoms with Crippen molar-refractivity contribution in [2.24, 2.45) is 0 Å². The van der Waals surface area contributed by atoms with Crippen LogP contribution in [0.4, 0.5) is 23.0 Å². The summed E-state index contributed by atoms with van der Waals surface area (Å²) in [4.78, 5) is 26.1. The predicted octanol–water partition coefficient (Wildman–Crippen LogP) is 3.06.